The molecule has 4 N–H and O–H groups in total. The van der Waals surface area contributed by atoms with Crippen LogP contribution in [0.4, 0.5) is 9.18 Å². The van der Waals surface area contributed by atoms with E-state index in [-0.39, 0.29) is 24.7 Å². The Morgan fingerprint density at radius 3 is 2.64 bits per heavy atom. The Kier molecular flexibility index (Phi) is 5.63. The van der Waals surface area contributed by atoms with Gasteiger partial charge < -0.3 is 25.6 Å². The van der Waals surface area contributed by atoms with E-state index < -0.39 is 35.1 Å². The molecule has 8 heteroatoms. The summed E-state index contributed by atoms with van der Waals surface area (Å²) in [5.41, 5.74) is 4.01. The second kappa shape index (κ2) is 7.07. The Morgan fingerprint density at radius 2 is 2.16 bits per heavy atom. The summed E-state index contributed by atoms with van der Waals surface area (Å²) >= 11 is 5.73. The number of benzene rings is 1. The van der Waals surface area contributed by atoms with Crippen LogP contribution in [0.1, 0.15) is 32.4 Å². The van der Waals surface area contributed by atoms with Crippen LogP contribution >= 0.6 is 11.6 Å². The Morgan fingerprint density at radius 1 is 1.52 bits per heavy atom. The van der Waals surface area contributed by atoms with Gasteiger partial charge in [-0.05, 0) is 23.1 Å². The summed E-state index contributed by atoms with van der Waals surface area (Å²) in [7, 11) is 0. The zero-order chi connectivity index (χ0) is 19.0. The van der Waals surface area contributed by atoms with Gasteiger partial charge in [-0.15, -0.1) is 0 Å². The summed E-state index contributed by atoms with van der Waals surface area (Å²) in [6.45, 7) is 5.31. The van der Waals surface area contributed by atoms with Crippen LogP contribution in [0, 0.1) is 11.2 Å². The zero-order valence-corrected chi connectivity index (χ0v) is 15.3. The van der Waals surface area contributed by atoms with Gasteiger partial charge in [0.25, 0.3) is 0 Å². The minimum absolute atomic E-state index is 0.0480. The standard InChI is InChI=1S/C17H24ClFN2O4/c1-16(2,3)13-7-21(15(22)23)9-17(24,8-20)14(25-13)10-4-5-11(18)12(19)6-10/h4-6,13-14,24H,7-9,20H2,1-3H3,(H,22,23). The van der Waals surface area contributed by atoms with Crippen molar-refractivity contribution in [3.05, 3.63) is 34.6 Å². The Balaban J connectivity index is 2.52. The van der Waals surface area contributed by atoms with Gasteiger partial charge in [0.1, 0.15) is 17.5 Å². The molecule has 0 radical (unpaired) electrons. The van der Waals surface area contributed by atoms with Gasteiger partial charge in [-0.3, -0.25) is 0 Å². The molecular weight excluding hydrogens is 351 g/mol. The van der Waals surface area contributed by atoms with Gasteiger partial charge in [0.15, 0.2) is 0 Å². The molecule has 0 saturated carbocycles. The van der Waals surface area contributed by atoms with E-state index in [1.54, 1.807) is 6.07 Å². The van der Waals surface area contributed by atoms with Gasteiger partial charge in [-0.2, -0.15) is 0 Å². The molecule has 1 fully saturated rings. The van der Waals surface area contributed by atoms with E-state index in [1.165, 1.54) is 12.1 Å². The van der Waals surface area contributed by atoms with Gasteiger partial charge in [-0.1, -0.05) is 38.4 Å². The molecule has 0 aliphatic carbocycles. The molecule has 6 nitrogen and oxygen atoms in total. The number of hydrogen-bond acceptors (Lipinski definition) is 4. The van der Waals surface area contributed by atoms with Crippen molar-refractivity contribution in [2.45, 2.75) is 38.6 Å². The van der Waals surface area contributed by atoms with E-state index in [0.29, 0.717) is 5.56 Å². The quantitative estimate of drug-likeness (QED) is 0.739. The lowest BCUT2D eigenvalue weighted by atomic mass is 9.88. The fourth-order valence-electron chi connectivity index (χ4n) is 2.87. The van der Waals surface area contributed by atoms with Crippen molar-refractivity contribution in [1.82, 2.24) is 4.90 Å². The van der Waals surface area contributed by atoms with Crippen LogP contribution in [0.15, 0.2) is 18.2 Å². The molecule has 2 rings (SSSR count). The first-order chi connectivity index (χ1) is 11.5. The van der Waals surface area contributed by atoms with Crippen LogP contribution in [0.3, 0.4) is 0 Å². The number of ether oxygens (including phenoxy) is 1. The minimum Gasteiger partial charge on any atom is -0.465 e. The number of carbonyl (C=O) groups is 1. The van der Waals surface area contributed by atoms with Crippen molar-refractivity contribution < 1.29 is 24.1 Å². The van der Waals surface area contributed by atoms with Crippen molar-refractivity contribution in [3.8, 4) is 0 Å². The van der Waals surface area contributed by atoms with Crippen molar-refractivity contribution in [2.75, 3.05) is 19.6 Å². The SMILES string of the molecule is CC(C)(C)C1CN(C(=O)O)CC(O)(CN)C(c2ccc(Cl)c(F)c2)O1. The average Bonchev–Trinajstić information content (AvgIpc) is 2.67. The highest BCUT2D eigenvalue weighted by molar-refractivity contribution is 6.30. The molecule has 140 valence electrons. The number of nitrogens with zero attached hydrogens (tertiary/aromatic N) is 1. The lowest BCUT2D eigenvalue weighted by molar-refractivity contribution is -0.137. The normalized spacial score (nSPS) is 27.9. The second-order valence-electron chi connectivity index (χ2n) is 7.52. The number of aliphatic hydroxyl groups is 1. The molecule has 1 aromatic carbocycles. The third kappa shape index (κ3) is 4.23. The number of amides is 1. The van der Waals surface area contributed by atoms with Gasteiger partial charge >= 0.3 is 6.09 Å². The van der Waals surface area contributed by atoms with Crippen molar-refractivity contribution >= 4 is 17.7 Å². The summed E-state index contributed by atoms with van der Waals surface area (Å²) in [5, 5.41) is 20.4. The Hall–Kier alpha value is -1.41. The molecular formula is C17H24ClFN2O4. The van der Waals surface area contributed by atoms with Crippen LogP contribution in [-0.2, 0) is 4.74 Å². The van der Waals surface area contributed by atoms with Crippen LogP contribution in [0.2, 0.25) is 5.02 Å². The van der Waals surface area contributed by atoms with Gasteiger partial charge in [0.2, 0.25) is 0 Å². The smallest absolute Gasteiger partial charge is 0.407 e. The predicted octanol–water partition coefficient (Wildman–Crippen LogP) is 2.63. The average molecular weight is 375 g/mol. The minimum atomic E-state index is -1.70. The molecule has 0 aromatic heterocycles. The van der Waals surface area contributed by atoms with Crippen LogP contribution in [0.25, 0.3) is 0 Å². The highest BCUT2D eigenvalue weighted by Gasteiger charge is 2.47. The summed E-state index contributed by atoms with van der Waals surface area (Å²) in [6, 6.07) is 4.11. The van der Waals surface area contributed by atoms with Crippen molar-refractivity contribution in [3.63, 3.8) is 0 Å². The van der Waals surface area contributed by atoms with Crippen LogP contribution in [-0.4, -0.2) is 52.5 Å². The predicted molar refractivity (Wildman–Crippen MR) is 92.1 cm³/mol. The Bertz CT molecular complexity index is 652. The lowest BCUT2D eigenvalue weighted by Crippen LogP contribution is -2.52. The molecule has 3 atom stereocenters. The van der Waals surface area contributed by atoms with E-state index in [0.717, 1.165) is 4.90 Å². The number of hydrogen-bond donors (Lipinski definition) is 3. The molecule has 0 bridgehead atoms. The van der Waals surface area contributed by atoms with E-state index in [4.69, 9.17) is 22.1 Å². The van der Waals surface area contributed by atoms with Crippen molar-refractivity contribution in [1.29, 1.82) is 0 Å². The van der Waals surface area contributed by atoms with Gasteiger partial charge in [-0.25, -0.2) is 9.18 Å². The third-order valence-electron chi connectivity index (χ3n) is 4.48. The molecule has 1 amide bonds. The fourth-order valence-corrected chi connectivity index (χ4v) is 2.99. The maximum atomic E-state index is 13.9. The van der Waals surface area contributed by atoms with Gasteiger partial charge in [0, 0.05) is 6.54 Å². The molecule has 0 spiro atoms. The maximum Gasteiger partial charge on any atom is 0.407 e. The number of carboxylic acid groups (broad SMARTS) is 1. The monoisotopic (exact) mass is 374 g/mol. The molecule has 1 aliphatic heterocycles. The summed E-state index contributed by atoms with van der Waals surface area (Å²) in [6.07, 6.45) is -2.68. The van der Waals surface area contributed by atoms with E-state index in [9.17, 15) is 19.4 Å². The van der Waals surface area contributed by atoms with Crippen molar-refractivity contribution in [2.24, 2.45) is 11.1 Å². The van der Waals surface area contributed by atoms with Crippen LogP contribution in [0.5, 0.6) is 0 Å². The highest BCUT2D eigenvalue weighted by Crippen LogP contribution is 2.39. The first kappa shape index (κ1) is 19.9. The van der Waals surface area contributed by atoms with E-state index in [1.807, 2.05) is 20.8 Å². The summed E-state index contributed by atoms with van der Waals surface area (Å²) < 4.78 is 20.0. The zero-order valence-electron chi connectivity index (χ0n) is 14.5. The Labute approximate surface area is 151 Å². The maximum absolute atomic E-state index is 13.9. The third-order valence-corrected chi connectivity index (χ3v) is 4.78. The highest BCUT2D eigenvalue weighted by atomic mass is 35.5. The van der Waals surface area contributed by atoms with E-state index in [2.05, 4.69) is 0 Å². The summed E-state index contributed by atoms with van der Waals surface area (Å²) in [4.78, 5) is 12.7. The molecule has 1 aromatic rings. The first-order valence-electron chi connectivity index (χ1n) is 7.98. The lowest BCUT2D eigenvalue weighted by Gasteiger charge is -2.37. The molecule has 25 heavy (non-hydrogen) atoms. The van der Waals surface area contributed by atoms with Gasteiger partial charge in [0.05, 0.1) is 24.2 Å². The van der Waals surface area contributed by atoms with E-state index >= 15 is 0 Å². The summed E-state index contributed by atoms with van der Waals surface area (Å²) in [5.74, 6) is -0.645. The number of β-amino-alcohol motifs (C(OH)–C–C–N with tert-alkyl or cyclic N) is 1. The number of rotatable bonds is 2. The number of halogens is 2. The van der Waals surface area contributed by atoms with Crippen LogP contribution < -0.4 is 5.73 Å². The molecule has 1 aliphatic rings. The first-order valence-corrected chi connectivity index (χ1v) is 8.36. The molecule has 3 unspecified atom stereocenters. The number of nitrogens with two attached hydrogens (primary N) is 1. The molecule has 1 saturated heterocycles. The second-order valence-corrected chi connectivity index (χ2v) is 7.92. The molecule has 1 heterocycles. The topological polar surface area (TPSA) is 96.0 Å². The largest absolute Gasteiger partial charge is 0.465 e. The fraction of sp³-hybridized carbons (Fsp3) is 0.588.